The number of rotatable bonds is 4. The molecule has 7 heteroatoms. The van der Waals surface area contributed by atoms with Crippen LogP contribution >= 0.6 is 11.3 Å². The van der Waals surface area contributed by atoms with E-state index in [1.54, 1.807) is 4.57 Å². The molecular formula is C14H17F2N3OS. The summed E-state index contributed by atoms with van der Waals surface area (Å²) in [6, 6.07) is 0. The highest BCUT2D eigenvalue weighted by Gasteiger charge is 2.24. The predicted molar refractivity (Wildman–Crippen MR) is 77.0 cm³/mol. The molecule has 0 unspecified atom stereocenters. The lowest BCUT2D eigenvalue weighted by atomic mass is 9.89. The van der Waals surface area contributed by atoms with Crippen molar-refractivity contribution < 1.29 is 8.78 Å². The Hall–Kier alpha value is -1.50. The zero-order chi connectivity index (χ0) is 15.0. The first-order valence-electron chi connectivity index (χ1n) is 7.11. The molecule has 0 aromatic carbocycles. The van der Waals surface area contributed by atoms with E-state index in [4.69, 9.17) is 0 Å². The highest BCUT2D eigenvalue weighted by Crippen LogP contribution is 2.29. The van der Waals surface area contributed by atoms with E-state index in [0.717, 1.165) is 40.8 Å². The minimum Gasteiger partial charge on any atom is -0.295 e. The largest absolute Gasteiger partial charge is 0.319 e. The number of aromatic nitrogens is 3. The van der Waals surface area contributed by atoms with Gasteiger partial charge in [0.2, 0.25) is 0 Å². The van der Waals surface area contributed by atoms with Gasteiger partial charge in [-0.15, -0.1) is 0 Å². The van der Waals surface area contributed by atoms with Crippen molar-refractivity contribution in [3.63, 3.8) is 0 Å². The van der Waals surface area contributed by atoms with Crippen LogP contribution in [0.5, 0.6) is 0 Å². The summed E-state index contributed by atoms with van der Waals surface area (Å²) in [5.74, 6) is 0.859. The van der Waals surface area contributed by atoms with Crippen LogP contribution in [0.15, 0.2) is 17.2 Å². The number of nitrogens with zero attached hydrogens (tertiary/aromatic N) is 3. The van der Waals surface area contributed by atoms with Crippen molar-refractivity contribution in [1.82, 2.24) is 14.1 Å². The van der Waals surface area contributed by atoms with Gasteiger partial charge in [-0.2, -0.15) is 8.78 Å². The molecule has 2 aromatic rings. The van der Waals surface area contributed by atoms with E-state index in [0.29, 0.717) is 5.92 Å². The average Bonchev–Trinajstić information content (AvgIpc) is 3.04. The summed E-state index contributed by atoms with van der Waals surface area (Å²) in [5.41, 5.74) is 1.01. The van der Waals surface area contributed by atoms with Crippen molar-refractivity contribution in [2.45, 2.75) is 45.7 Å². The van der Waals surface area contributed by atoms with Gasteiger partial charge < -0.3 is 0 Å². The highest BCUT2D eigenvalue weighted by atomic mass is 32.1. The number of thiazole rings is 1. The maximum Gasteiger partial charge on any atom is 0.319 e. The Kier molecular flexibility index (Phi) is 3.93. The molecule has 0 spiro atoms. The predicted octanol–water partition coefficient (Wildman–Crippen LogP) is 3.06. The van der Waals surface area contributed by atoms with E-state index in [1.165, 1.54) is 23.7 Å². The van der Waals surface area contributed by atoms with E-state index in [-0.39, 0.29) is 17.2 Å². The summed E-state index contributed by atoms with van der Waals surface area (Å²) in [5, 5.41) is 0. The van der Waals surface area contributed by atoms with Crippen molar-refractivity contribution >= 4 is 11.3 Å². The van der Waals surface area contributed by atoms with E-state index in [9.17, 15) is 13.6 Å². The van der Waals surface area contributed by atoms with Crippen molar-refractivity contribution in [2.24, 2.45) is 5.92 Å². The van der Waals surface area contributed by atoms with E-state index < -0.39 is 6.55 Å². The summed E-state index contributed by atoms with van der Waals surface area (Å²) in [4.78, 5) is 17.2. The first-order chi connectivity index (χ1) is 10.1. The number of hydrogen-bond acceptors (Lipinski definition) is 3. The van der Waals surface area contributed by atoms with Crippen LogP contribution in [0.2, 0.25) is 0 Å². The molecule has 0 radical (unpaired) electrons. The third-order valence-electron chi connectivity index (χ3n) is 4.18. The molecular weight excluding hydrogens is 296 g/mol. The maximum absolute atomic E-state index is 12.9. The fourth-order valence-electron chi connectivity index (χ4n) is 2.91. The summed E-state index contributed by atoms with van der Waals surface area (Å²) in [7, 11) is 0. The van der Waals surface area contributed by atoms with Gasteiger partial charge in [-0.25, -0.2) is 4.98 Å². The molecule has 21 heavy (non-hydrogen) atoms. The van der Waals surface area contributed by atoms with Crippen LogP contribution in [0, 0.1) is 5.92 Å². The fourth-order valence-corrected chi connectivity index (χ4v) is 4.06. The van der Waals surface area contributed by atoms with Gasteiger partial charge in [-0.05, 0) is 25.2 Å². The Morgan fingerprint density at radius 2 is 2.33 bits per heavy atom. The second kappa shape index (κ2) is 5.71. The molecule has 0 saturated heterocycles. The average molecular weight is 313 g/mol. The van der Waals surface area contributed by atoms with E-state index in [2.05, 4.69) is 11.9 Å². The maximum atomic E-state index is 12.9. The molecule has 4 nitrogen and oxygen atoms in total. The molecule has 0 amide bonds. The second-order valence-corrected chi connectivity index (χ2v) is 6.42. The zero-order valence-corrected chi connectivity index (χ0v) is 12.6. The molecule has 2 heterocycles. The summed E-state index contributed by atoms with van der Waals surface area (Å²) < 4.78 is 28.2. The van der Waals surface area contributed by atoms with Gasteiger partial charge in [0.1, 0.15) is 5.82 Å². The first kappa shape index (κ1) is 14.4. The van der Waals surface area contributed by atoms with Gasteiger partial charge in [-0.1, -0.05) is 24.7 Å². The van der Waals surface area contributed by atoms with Gasteiger partial charge in [0.05, 0.1) is 6.54 Å². The molecule has 0 aliphatic heterocycles. The van der Waals surface area contributed by atoms with Crippen LogP contribution in [-0.4, -0.2) is 14.1 Å². The lowest BCUT2D eigenvalue weighted by Gasteiger charge is -2.21. The van der Waals surface area contributed by atoms with Crippen LogP contribution in [0.25, 0.3) is 0 Å². The molecule has 0 N–H and O–H groups in total. The molecule has 0 fully saturated rings. The Morgan fingerprint density at radius 3 is 3.05 bits per heavy atom. The molecule has 1 atom stereocenters. The number of hydrogen-bond donors (Lipinski definition) is 0. The van der Waals surface area contributed by atoms with Crippen LogP contribution in [-0.2, 0) is 19.4 Å². The quantitative estimate of drug-likeness (QED) is 0.870. The number of halogens is 2. The molecule has 0 saturated carbocycles. The van der Waals surface area contributed by atoms with Crippen molar-refractivity contribution in [3.05, 3.63) is 38.5 Å². The normalized spacial score (nSPS) is 18.2. The third-order valence-corrected chi connectivity index (χ3v) is 5.22. The Balaban J connectivity index is 1.92. The first-order valence-corrected chi connectivity index (χ1v) is 7.93. The standard InChI is InChI=1S/C14H17F2N3OS/c1-2-9-3-4-10-11(7-9)21-14(20)19(10)8-12-17-5-6-18(12)13(15)16/h5-6,9,13H,2-4,7-8H2,1H3/t9-/m1/s1. The molecule has 1 aliphatic rings. The van der Waals surface area contributed by atoms with Gasteiger partial charge >= 0.3 is 11.4 Å². The summed E-state index contributed by atoms with van der Waals surface area (Å²) in [6.45, 7) is -0.342. The van der Waals surface area contributed by atoms with Crippen LogP contribution < -0.4 is 4.87 Å². The van der Waals surface area contributed by atoms with Crippen LogP contribution in [0.3, 0.4) is 0 Å². The molecule has 1 aliphatic carbocycles. The van der Waals surface area contributed by atoms with Gasteiger partial charge in [0.15, 0.2) is 0 Å². The van der Waals surface area contributed by atoms with Crippen molar-refractivity contribution in [3.8, 4) is 0 Å². The summed E-state index contributed by atoms with van der Waals surface area (Å²) in [6.07, 6.45) is 6.55. The smallest absolute Gasteiger partial charge is 0.295 e. The SMILES string of the molecule is CC[C@@H]1CCc2c(sc(=O)n2Cc2nccn2C(F)F)C1. The lowest BCUT2D eigenvalue weighted by Crippen LogP contribution is -2.22. The van der Waals surface area contributed by atoms with E-state index in [1.807, 2.05) is 0 Å². The van der Waals surface area contributed by atoms with Crippen LogP contribution in [0.4, 0.5) is 8.78 Å². The third kappa shape index (κ3) is 2.66. The molecule has 3 rings (SSSR count). The van der Waals surface area contributed by atoms with Gasteiger partial charge in [0.25, 0.3) is 0 Å². The Morgan fingerprint density at radius 1 is 1.52 bits per heavy atom. The highest BCUT2D eigenvalue weighted by molar-refractivity contribution is 7.09. The monoisotopic (exact) mass is 313 g/mol. The topological polar surface area (TPSA) is 39.8 Å². The Bertz CT molecular complexity index is 689. The minimum atomic E-state index is -2.63. The summed E-state index contributed by atoms with van der Waals surface area (Å²) >= 11 is 1.25. The lowest BCUT2D eigenvalue weighted by molar-refractivity contribution is 0.0666. The fraction of sp³-hybridized carbons (Fsp3) is 0.571. The van der Waals surface area contributed by atoms with Gasteiger partial charge in [0, 0.05) is 23.0 Å². The molecule has 114 valence electrons. The second-order valence-electron chi connectivity index (χ2n) is 5.37. The zero-order valence-electron chi connectivity index (χ0n) is 11.8. The number of imidazole rings is 1. The number of fused-ring (bicyclic) bond motifs is 1. The number of alkyl halides is 2. The molecule has 2 aromatic heterocycles. The van der Waals surface area contributed by atoms with Crippen molar-refractivity contribution in [2.75, 3.05) is 0 Å². The minimum absolute atomic E-state index is 0.0689. The van der Waals surface area contributed by atoms with E-state index >= 15 is 0 Å². The van der Waals surface area contributed by atoms with Crippen LogP contribution in [0.1, 0.15) is 42.7 Å². The Labute approximate surface area is 125 Å². The van der Waals surface area contributed by atoms with Crippen molar-refractivity contribution in [1.29, 1.82) is 0 Å². The van der Waals surface area contributed by atoms with Gasteiger partial charge in [-0.3, -0.25) is 13.9 Å². The molecule has 0 bridgehead atoms.